The molecule has 0 aliphatic heterocycles. The van der Waals surface area contributed by atoms with Crippen molar-refractivity contribution < 1.29 is 14.3 Å². The molecule has 1 aliphatic carbocycles. The summed E-state index contributed by atoms with van der Waals surface area (Å²) in [4.78, 5) is 28.1. The molecule has 11 nitrogen and oxygen atoms in total. The van der Waals surface area contributed by atoms with Crippen LogP contribution in [0.4, 0.5) is 11.6 Å². The number of carbonyl (C=O) groups is 1. The van der Waals surface area contributed by atoms with Crippen LogP contribution in [0.25, 0.3) is 22.5 Å². The first-order valence-electron chi connectivity index (χ1n) is 14.0. The standard InChI is InChI=1S/C32H36N8O3/c1-34-18-24(17-33)20-6-8-21(9-7-20)30-28-26(38-40(30)3)13-11-23-19-35-32(37-29(23)28)36-25-12-10-22(16-27(25)43-5)31(41)39(2)14-15-42-4/h6-10,12,16-19,24,33H,11,13-15H2,1-5H3,(H,35,36,37). The number of aromatic nitrogens is 4. The van der Waals surface area contributed by atoms with Crippen molar-refractivity contribution in [3.63, 3.8) is 0 Å². The molecule has 1 unspecified atom stereocenters. The molecule has 2 aromatic carbocycles. The van der Waals surface area contributed by atoms with Crippen LogP contribution in [-0.4, -0.2) is 84.5 Å². The number of anilines is 2. The minimum Gasteiger partial charge on any atom is -0.495 e. The van der Waals surface area contributed by atoms with Crippen LogP contribution >= 0.6 is 0 Å². The van der Waals surface area contributed by atoms with Gasteiger partial charge in [-0.1, -0.05) is 24.3 Å². The van der Waals surface area contributed by atoms with Crippen LogP contribution in [0.15, 0.2) is 53.7 Å². The minimum absolute atomic E-state index is 0.122. The zero-order valence-corrected chi connectivity index (χ0v) is 25.1. The molecule has 0 radical (unpaired) electrons. The van der Waals surface area contributed by atoms with E-state index in [1.807, 2.05) is 30.1 Å². The fourth-order valence-electron chi connectivity index (χ4n) is 5.30. The molecule has 4 aromatic rings. The Kier molecular flexibility index (Phi) is 8.91. The molecule has 222 valence electrons. The molecule has 1 aliphatic rings. The first-order chi connectivity index (χ1) is 20.9. The van der Waals surface area contributed by atoms with E-state index in [4.69, 9.17) is 25.0 Å². The number of hydrogen-bond donors (Lipinski definition) is 2. The molecular weight excluding hydrogens is 544 g/mol. The van der Waals surface area contributed by atoms with Gasteiger partial charge in [0, 0.05) is 70.1 Å². The molecular formula is C32H36N8O3. The number of aliphatic imine (C=N–C) groups is 1. The molecule has 0 saturated heterocycles. The maximum absolute atomic E-state index is 12.9. The molecule has 11 heteroatoms. The zero-order valence-electron chi connectivity index (χ0n) is 25.1. The molecule has 5 rings (SSSR count). The van der Waals surface area contributed by atoms with Gasteiger partial charge in [0.25, 0.3) is 5.91 Å². The summed E-state index contributed by atoms with van der Waals surface area (Å²) < 4.78 is 12.6. The highest BCUT2D eigenvalue weighted by Crippen LogP contribution is 2.40. The van der Waals surface area contributed by atoms with Crippen molar-refractivity contribution in [1.82, 2.24) is 24.6 Å². The van der Waals surface area contributed by atoms with Crippen molar-refractivity contribution in [2.45, 2.75) is 18.8 Å². The number of hydrogen-bond acceptors (Lipinski definition) is 9. The van der Waals surface area contributed by atoms with Gasteiger partial charge in [0.05, 0.1) is 42.4 Å². The Morgan fingerprint density at radius 1 is 1.21 bits per heavy atom. The third-order valence-corrected chi connectivity index (χ3v) is 7.58. The minimum atomic E-state index is -0.164. The second-order valence-corrected chi connectivity index (χ2v) is 10.3. The highest BCUT2D eigenvalue weighted by atomic mass is 16.5. The van der Waals surface area contributed by atoms with Gasteiger partial charge in [-0.2, -0.15) is 5.10 Å². The number of likely N-dealkylation sites (N-methyl/N-ethyl adjacent to an activating group) is 1. The lowest BCUT2D eigenvalue weighted by Crippen LogP contribution is -2.29. The van der Waals surface area contributed by atoms with E-state index in [1.54, 1.807) is 57.6 Å². The summed E-state index contributed by atoms with van der Waals surface area (Å²) in [7, 11) is 8.58. The Morgan fingerprint density at radius 3 is 2.70 bits per heavy atom. The molecule has 2 heterocycles. The van der Waals surface area contributed by atoms with E-state index in [0.717, 1.165) is 52.2 Å². The summed E-state index contributed by atoms with van der Waals surface area (Å²) in [5.74, 6) is 0.635. The molecule has 0 bridgehead atoms. The molecule has 1 atom stereocenters. The number of methoxy groups -OCH3 is 2. The summed E-state index contributed by atoms with van der Waals surface area (Å²) in [6.45, 7) is 0.945. The Labute approximate surface area is 251 Å². The number of nitrogens with zero attached hydrogens (tertiary/aromatic N) is 6. The highest BCUT2D eigenvalue weighted by molar-refractivity contribution is 5.95. The van der Waals surface area contributed by atoms with Crippen molar-refractivity contribution in [3.8, 4) is 28.3 Å². The van der Waals surface area contributed by atoms with Crippen molar-refractivity contribution >= 4 is 30.0 Å². The highest BCUT2D eigenvalue weighted by Gasteiger charge is 2.27. The van der Waals surface area contributed by atoms with E-state index in [9.17, 15) is 4.79 Å². The van der Waals surface area contributed by atoms with E-state index in [2.05, 4.69) is 27.4 Å². The number of aryl methyl sites for hydroxylation is 3. The largest absolute Gasteiger partial charge is 0.495 e. The van der Waals surface area contributed by atoms with Crippen LogP contribution in [0.5, 0.6) is 5.75 Å². The smallest absolute Gasteiger partial charge is 0.253 e. The molecule has 2 N–H and O–H groups in total. The molecule has 43 heavy (non-hydrogen) atoms. The Bertz CT molecular complexity index is 1660. The fourth-order valence-corrected chi connectivity index (χ4v) is 5.30. The van der Waals surface area contributed by atoms with Crippen molar-refractivity contribution in [2.24, 2.45) is 12.0 Å². The lowest BCUT2D eigenvalue weighted by atomic mass is 9.91. The van der Waals surface area contributed by atoms with Gasteiger partial charge in [-0.05, 0) is 42.2 Å². The normalized spacial score (nSPS) is 12.9. The lowest BCUT2D eigenvalue weighted by molar-refractivity contribution is 0.0744. The van der Waals surface area contributed by atoms with E-state index in [-0.39, 0.29) is 11.8 Å². The predicted molar refractivity (Wildman–Crippen MR) is 168 cm³/mol. The Morgan fingerprint density at radius 2 is 2.00 bits per heavy atom. The zero-order chi connectivity index (χ0) is 30.5. The van der Waals surface area contributed by atoms with Crippen LogP contribution in [0.1, 0.15) is 33.1 Å². The first-order valence-corrected chi connectivity index (χ1v) is 14.0. The van der Waals surface area contributed by atoms with Crippen LogP contribution in [0, 0.1) is 5.41 Å². The second-order valence-electron chi connectivity index (χ2n) is 10.3. The van der Waals surface area contributed by atoms with Gasteiger partial charge in [-0.25, -0.2) is 9.97 Å². The van der Waals surface area contributed by atoms with Gasteiger partial charge in [-0.15, -0.1) is 0 Å². The topological polar surface area (TPSA) is 131 Å². The van der Waals surface area contributed by atoms with Crippen molar-refractivity contribution in [1.29, 1.82) is 5.41 Å². The van der Waals surface area contributed by atoms with Gasteiger partial charge in [0.15, 0.2) is 0 Å². The molecule has 0 saturated carbocycles. The number of fused-ring (bicyclic) bond motifs is 3. The number of carbonyl (C=O) groups excluding carboxylic acids is 1. The van der Waals surface area contributed by atoms with Gasteiger partial charge in [-0.3, -0.25) is 14.5 Å². The molecule has 0 fully saturated rings. The lowest BCUT2D eigenvalue weighted by Gasteiger charge is -2.19. The average molecular weight is 581 g/mol. The summed E-state index contributed by atoms with van der Waals surface area (Å²) in [6, 6.07) is 13.4. The average Bonchev–Trinajstić information content (AvgIpc) is 3.38. The van der Waals surface area contributed by atoms with Crippen LogP contribution in [-0.2, 0) is 24.6 Å². The summed E-state index contributed by atoms with van der Waals surface area (Å²) in [5.41, 5.74) is 8.02. The summed E-state index contributed by atoms with van der Waals surface area (Å²) in [6.07, 6.45) is 6.61. The number of amides is 1. The Balaban J connectivity index is 1.46. The molecule has 2 aromatic heterocycles. The van der Waals surface area contributed by atoms with Gasteiger partial charge < -0.3 is 25.1 Å². The van der Waals surface area contributed by atoms with Crippen LogP contribution in [0.3, 0.4) is 0 Å². The van der Waals surface area contributed by atoms with Crippen LogP contribution < -0.4 is 10.1 Å². The van der Waals surface area contributed by atoms with Crippen LogP contribution in [0.2, 0.25) is 0 Å². The van der Waals surface area contributed by atoms with E-state index in [0.29, 0.717) is 36.1 Å². The third-order valence-electron chi connectivity index (χ3n) is 7.58. The van der Waals surface area contributed by atoms with E-state index < -0.39 is 0 Å². The first kappa shape index (κ1) is 29.6. The number of rotatable bonds is 11. The molecule has 0 spiro atoms. The van der Waals surface area contributed by atoms with Gasteiger partial charge >= 0.3 is 0 Å². The van der Waals surface area contributed by atoms with Crippen molar-refractivity contribution in [3.05, 3.63) is 71.0 Å². The monoisotopic (exact) mass is 580 g/mol. The fraction of sp³-hybridized carbons (Fsp3) is 0.312. The quantitative estimate of drug-likeness (QED) is 0.249. The Hall–Kier alpha value is -4.90. The summed E-state index contributed by atoms with van der Waals surface area (Å²) >= 11 is 0. The van der Waals surface area contributed by atoms with E-state index in [1.165, 1.54) is 6.21 Å². The third kappa shape index (κ3) is 6.02. The second kappa shape index (κ2) is 13.0. The SMILES string of the molecule is CN=CC(C=N)c1ccc(-c2c3c(nn2C)CCc2cnc(Nc4ccc(C(=O)N(C)CCOC)cc4OC)nc2-3)cc1. The number of ether oxygens (including phenoxy) is 2. The van der Waals surface area contributed by atoms with Gasteiger partial charge in [0.1, 0.15) is 5.75 Å². The number of nitrogens with one attached hydrogen (secondary N) is 2. The maximum Gasteiger partial charge on any atom is 0.253 e. The number of benzene rings is 2. The predicted octanol–water partition coefficient (Wildman–Crippen LogP) is 4.55. The molecule has 1 amide bonds. The summed E-state index contributed by atoms with van der Waals surface area (Å²) in [5, 5.41) is 15.9. The van der Waals surface area contributed by atoms with E-state index >= 15 is 0 Å². The maximum atomic E-state index is 12.9. The van der Waals surface area contributed by atoms with Gasteiger partial charge in [0.2, 0.25) is 5.95 Å². The van der Waals surface area contributed by atoms with Crippen molar-refractivity contribution in [2.75, 3.05) is 46.8 Å².